The predicted octanol–water partition coefficient (Wildman–Crippen LogP) is 1.57. The normalized spacial score (nSPS) is 11.3. The standard InChI is InChI=1S/C11H17NO4/c1-3-8-15-10(13)11(14)16-9(4-2)6-5-7-12/h9H,3-6,8H2,1-2H3. The van der Waals surface area contributed by atoms with Crippen molar-refractivity contribution in [3.8, 4) is 6.07 Å². The Hall–Kier alpha value is -1.57. The number of esters is 2. The van der Waals surface area contributed by atoms with E-state index in [2.05, 4.69) is 4.74 Å². The highest BCUT2D eigenvalue weighted by Gasteiger charge is 2.21. The van der Waals surface area contributed by atoms with Crippen LogP contribution in [0.1, 0.15) is 39.5 Å². The van der Waals surface area contributed by atoms with E-state index in [-0.39, 0.29) is 12.7 Å². The van der Waals surface area contributed by atoms with Crippen molar-refractivity contribution in [1.82, 2.24) is 0 Å². The molecule has 16 heavy (non-hydrogen) atoms. The lowest BCUT2D eigenvalue weighted by atomic mass is 10.1. The third-order valence-corrected chi connectivity index (χ3v) is 1.91. The summed E-state index contributed by atoms with van der Waals surface area (Å²) in [6, 6.07) is 1.96. The molecule has 5 heteroatoms. The van der Waals surface area contributed by atoms with E-state index in [1.165, 1.54) is 0 Å². The van der Waals surface area contributed by atoms with E-state index in [0.29, 0.717) is 25.7 Å². The first-order valence-corrected chi connectivity index (χ1v) is 5.40. The Labute approximate surface area is 95.3 Å². The van der Waals surface area contributed by atoms with E-state index < -0.39 is 11.9 Å². The molecule has 0 fully saturated rings. The third-order valence-electron chi connectivity index (χ3n) is 1.91. The molecule has 0 N–H and O–H groups in total. The number of hydrogen-bond acceptors (Lipinski definition) is 5. The van der Waals surface area contributed by atoms with Crippen LogP contribution in [0.2, 0.25) is 0 Å². The van der Waals surface area contributed by atoms with Gasteiger partial charge in [0.2, 0.25) is 0 Å². The second kappa shape index (κ2) is 8.72. The summed E-state index contributed by atoms with van der Waals surface area (Å²) in [4.78, 5) is 22.3. The summed E-state index contributed by atoms with van der Waals surface area (Å²) in [5.41, 5.74) is 0. The first-order valence-electron chi connectivity index (χ1n) is 5.40. The first-order chi connectivity index (χ1) is 7.65. The second-order valence-electron chi connectivity index (χ2n) is 3.27. The maximum atomic E-state index is 11.2. The van der Waals surface area contributed by atoms with Gasteiger partial charge in [-0.1, -0.05) is 13.8 Å². The Kier molecular flexibility index (Phi) is 7.86. The second-order valence-corrected chi connectivity index (χ2v) is 3.27. The number of nitriles is 1. The number of hydrogen-bond donors (Lipinski definition) is 0. The molecule has 0 spiro atoms. The molecule has 0 aromatic rings. The van der Waals surface area contributed by atoms with E-state index in [0.717, 1.165) is 0 Å². The van der Waals surface area contributed by atoms with Crippen LogP contribution >= 0.6 is 0 Å². The molecule has 0 amide bonds. The highest BCUT2D eigenvalue weighted by Crippen LogP contribution is 2.07. The molecule has 0 heterocycles. The van der Waals surface area contributed by atoms with Crippen LogP contribution in [0.15, 0.2) is 0 Å². The van der Waals surface area contributed by atoms with Gasteiger partial charge in [0.1, 0.15) is 6.10 Å². The topological polar surface area (TPSA) is 76.4 Å². The number of nitrogens with zero attached hydrogens (tertiary/aromatic N) is 1. The summed E-state index contributed by atoms with van der Waals surface area (Å²) in [5.74, 6) is -1.93. The highest BCUT2D eigenvalue weighted by atomic mass is 16.6. The molecule has 90 valence electrons. The monoisotopic (exact) mass is 227 g/mol. The summed E-state index contributed by atoms with van der Waals surface area (Å²) < 4.78 is 9.52. The van der Waals surface area contributed by atoms with Crippen molar-refractivity contribution in [2.45, 2.75) is 45.6 Å². The van der Waals surface area contributed by atoms with Crippen molar-refractivity contribution in [2.75, 3.05) is 6.61 Å². The number of ether oxygens (including phenoxy) is 2. The van der Waals surface area contributed by atoms with Gasteiger partial charge in [0, 0.05) is 6.42 Å². The average Bonchev–Trinajstić information content (AvgIpc) is 2.30. The molecule has 1 atom stereocenters. The minimum Gasteiger partial charge on any atom is -0.457 e. The minimum atomic E-state index is -0.974. The van der Waals surface area contributed by atoms with E-state index in [4.69, 9.17) is 10.00 Å². The van der Waals surface area contributed by atoms with Crippen molar-refractivity contribution in [2.24, 2.45) is 0 Å². The van der Waals surface area contributed by atoms with Gasteiger partial charge < -0.3 is 9.47 Å². The Balaban J connectivity index is 3.99. The number of carbonyl (C=O) groups excluding carboxylic acids is 2. The lowest BCUT2D eigenvalue weighted by Gasteiger charge is -2.13. The van der Waals surface area contributed by atoms with Crippen LogP contribution in [-0.4, -0.2) is 24.6 Å². The molecule has 0 aliphatic carbocycles. The van der Waals surface area contributed by atoms with Crippen LogP contribution in [0.3, 0.4) is 0 Å². The minimum absolute atomic E-state index is 0.211. The Morgan fingerprint density at radius 3 is 2.50 bits per heavy atom. The fraction of sp³-hybridized carbons (Fsp3) is 0.727. The van der Waals surface area contributed by atoms with Crippen molar-refractivity contribution in [3.05, 3.63) is 0 Å². The third kappa shape index (κ3) is 6.02. The van der Waals surface area contributed by atoms with Crippen LogP contribution < -0.4 is 0 Å². The molecule has 0 rings (SSSR count). The molecule has 1 unspecified atom stereocenters. The van der Waals surface area contributed by atoms with Gasteiger partial charge in [-0.05, 0) is 19.3 Å². The molecule has 0 aliphatic heterocycles. The van der Waals surface area contributed by atoms with E-state index in [1.54, 1.807) is 0 Å². The van der Waals surface area contributed by atoms with Gasteiger partial charge in [0.15, 0.2) is 0 Å². The van der Waals surface area contributed by atoms with Crippen LogP contribution in [0.4, 0.5) is 0 Å². The predicted molar refractivity (Wildman–Crippen MR) is 56.3 cm³/mol. The molecule has 0 radical (unpaired) electrons. The fourth-order valence-electron chi connectivity index (χ4n) is 1.03. The lowest BCUT2D eigenvalue weighted by Crippen LogP contribution is -2.26. The molecule has 5 nitrogen and oxygen atoms in total. The molecule has 0 aliphatic rings. The number of rotatable bonds is 6. The van der Waals surface area contributed by atoms with Gasteiger partial charge in [-0.15, -0.1) is 0 Å². The zero-order chi connectivity index (χ0) is 12.4. The quantitative estimate of drug-likeness (QED) is 0.508. The van der Waals surface area contributed by atoms with Crippen molar-refractivity contribution in [1.29, 1.82) is 5.26 Å². The van der Waals surface area contributed by atoms with Crippen molar-refractivity contribution < 1.29 is 19.1 Å². The van der Waals surface area contributed by atoms with Crippen LogP contribution in [0.25, 0.3) is 0 Å². The number of carbonyl (C=O) groups is 2. The molecule has 0 aromatic carbocycles. The Bertz CT molecular complexity index is 270. The largest absolute Gasteiger partial charge is 0.457 e. The van der Waals surface area contributed by atoms with E-state index >= 15 is 0 Å². The van der Waals surface area contributed by atoms with Crippen molar-refractivity contribution in [3.63, 3.8) is 0 Å². The zero-order valence-electron chi connectivity index (χ0n) is 9.69. The van der Waals surface area contributed by atoms with Crippen LogP contribution in [0.5, 0.6) is 0 Å². The highest BCUT2D eigenvalue weighted by molar-refractivity contribution is 6.29. The summed E-state index contributed by atoms with van der Waals surface area (Å²) in [5, 5.41) is 8.39. The SMILES string of the molecule is CCCOC(=O)C(=O)OC(CC)CCC#N. The van der Waals surface area contributed by atoms with Gasteiger partial charge >= 0.3 is 11.9 Å². The van der Waals surface area contributed by atoms with Crippen LogP contribution in [0, 0.1) is 11.3 Å². The van der Waals surface area contributed by atoms with Gasteiger partial charge in [0.05, 0.1) is 12.7 Å². The molecule has 0 saturated heterocycles. The van der Waals surface area contributed by atoms with Gasteiger partial charge in [-0.25, -0.2) is 9.59 Å². The molecular formula is C11H17NO4. The molecular weight excluding hydrogens is 210 g/mol. The summed E-state index contributed by atoms with van der Waals surface area (Å²) in [6.45, 7) is 3.87. The van der Waals surface area contributed by atoms with Crippen LogP contribution in [-0.2, 0) is 19.1 Å². The lowest BCUT2D eigenvalue weighted by molar-refractivity contribution is -0.171. The maximum absolute atomic E-state index is 11.2. The smallest absolute Gasteiger partial charge is 0.417 e. The molecule has 0 bridgehead atoms. The Morgan fingerprint density at radius 2 is 2.00 bits per heavy atom. The summed E-state index contributed by atoms with van der Waals surface area (Å²) in [6.07, 6.45) is 1.59. The zero-order valence-corrected chi connectivity index (χ0v) is 9.69. The molecule has 0 saturated carbocycles. The van der Waals surface area contributed by atoms with E-state index in [9.17, 15) is 9.59 Å². The van der Waals surface area contributed by atoms with Gasteiger partial charge in [0.25, 0.3) is 0 Å². The summed E-state index contributed by atoms with van der Waals surface area (Å²) >= 11 is 0. The van der Waals surface area contributed by atoms with Gasteiger partial charge in [-0.2, -0.15) is 5.26 Å². The maximum Gasteiger partial charge on any atom is 0.417 e. The van der Waals surface area contributed by atoms with Gasteiger partial charge in [-0.3, -0.25) is 0 Å². The summed E-state index contributed by atoms with van der Waals surface area (Å²) in [7, 11) is 0. The fourth-order valence-corrected chi connectivity index (χ4v) is 1.03. The van der Waals surface area contributed by atoms with Crippen molar-refractivity contribution >= 4 is 11.9 Å². The molecule has 0 aromatic heterocycles. The van der Waals surface area contributed by atoms with E-state index in [1.807, 2.05) is 19.9 Å². The average molecular weight is 227 g/mol. The Morgan fingerprint density at radius 1 is 1.31 bits per heavy atom. The first kappa shape index (κ1) is 14.4.